The lowest BCUT2D eigenvalue weighted by atomic mass is 9.66. The highest BCUT2D eigenvalue weighted by atomic mass is 16.8. The van der Waals surface area contributed by atoms with Gasteiger partial charge in [-0.25, -0.2) is 0 Å². The second-order valence-corrected chi connectivity index (χ2v) is 7.52. The van der Waals surface area contributed by atoms with E-state index in [-0.39, 0.29) is 12.8 Å². The quantitative estimate of drug-likeness (QED) is 0.603. The highest BCUT2D eigenvalue weighted by molar-refractivity contribution is 6.06. The maximum atomic E-state index is 12.7. The number of benzene rings is 2. The number of carbonyl (C=O) groups excluding carboxylic acids is 1. The molecule has 2 aromatic carbocycles. The molecule has 1 spiro atoms. The Morgan fingerprint density at radius 3 is 2.26 bits per heavy atom. The van der Waals surface area contributed by atoms with Crippen molar-refractivity contribution >= 4 is 16.6 Å². The molecule has 7 heteroatoms. The molecule has 2 aliphatic heterocycles. The average molecular weight is 368 g/mol. The molecule has 2 aliphatic carbocycles. The zero-order valence-corrected chi connectivity index (χ0v) is 14.1. The second-order valence-electron chi connectivity index (χ2n) is 7.52. The molecule has 4 atom stereocenters. The molecule has 0 aromatic heterocycles. The Kier molecular flexibility index (Phi) is 2.54. The molecule has 7 nitrogen and oxygen atoms in total. The maximum Gasteiger partial charge on any atom is 0.310 e. The third-order valence-electron chi connectivity index (χ3n) is 6.25. The van der Waals surface area contributed by atoms with Gasteiger partial charge in [-0.3, -0.25) is 4.79 Å². The first-order valence-electron chi connectivity index (χ1n) is 8.88. The van der Waals surface area contributed by atoms with Crippen molar-refractivity contribution in [2.75, 3.05) is 0 Å². The smallest absolute Gasteiger partial charge is 0.310 e. The van der Waals surface area contributed by atoms with Crippen LogP contribution in [0.5, 0.6) is 11.5 Å². The predicted octanol–water partition coefficient (Wildman–Crippen LogP) is 1.36. The molecule has 138 valence electrons. The molecule has 0 bridgehead atoms. The van der Waals surface area contributed by atoms with Crippen LogP contribution in [0, 0.1) is 0 Å². The molecule has 3 N–H and O–H groups in total. The van der Waals surface area contributed by atoms with E-state index in [1.54, 1.807) is 12.1 Å². The van der Waals surface area contributed by atoms with Gasteiger partial charge in [0, 0.05) is 6.08 Å². The van der Waals surface area contributed by atoms with Gasteiger partial charge in [-0.15, -0.1) is 0 Å². The van der Waals surface area contributed by atoms with Crippen molar-refractivity contribution in [3.8, 4) is 11.5 Å². The normalized spacial score (nSPS) is 37.7. The van der Waals surface area contributed by atoms with Crippen LogP contribution >= 0.6 is 0 Å². The van der Waals surface area contributed by atoms with Crippen molar-refractivity contribution in [3.63, 3.8) is 0 Å². The fourth-order valence-corrected chi connectivity index (χ4v) is 5.05. The number of ketones is 1. The number of hydrogen-bond acceptors (Lipinski definition) is 7. The number of carbonyl (C=O) groups is 1. The summed E-state index contributed by atoms with van der Waals surface area (Å²) in [5, 5.41) is 33.4. The highest BCUT2D eigenvalue weighted by Gasteiger charge is 2.93. The van der Waals surface area contributed by atoms with Crippen molar-refractivity contribution in [1.29, 1.82) is 0 Å². The lowest BCUT2D eigenvalue weighted by Crippen LogP contribution is -2.70. The van der Waals surface area contributed by atoms with Crippen LogP contribution in [0.4, 0.5) is 0 Å². The standard InChI is InChI=1S/C20H16O7/c21-11-9-18(20-15(23)8-7-14(22)19(20,27-20)17(11)24)25-12-5-1-3-10-4-2-6-13(26-18)16(10)12/h1-6,9,14-15,21-23H,7-8H2. The summed E-state index contributed by atoms with van der Waals surface area (Å²) in [5.41, 5.74) is -3.40. The number of ether oxygens (including phenoxy) is 3. The van der Waals surface area contributed by atoms with Gasteiger partial charge in [0.1, 0.15) is 11.5 Å². The van der Waals surface area contributed by atoms with Crippen LogP contribution in [0.3, 0.4) is 0 Å². The average Bonchev–Trinajstić information content (AvgIpc) is 3.39. The fraction of sp³-hybridized carbons (Fsp3) is 0.350. The van der Waals surface area contributed by atoms with Crippen LogP contribution in [0.25, 0.3) is 10.8 Å². The van der Waals surface area contributed by atoms with E-state index in [1.807, 2.05) is 24.3 Å². The topological polar surface area (TPSA) is 109 Å². The first kappa shape index (κ1) is 15.4. The third-order valence-corrected chi connectivity index (χ3v) is 6.25. The van der Waals surface area contributed by atoms with Crippen LogP contribution in [0.2, 0.25) is 0 Å². The van der Waals surface area contributed by atoms with Gasteiger partial charge in [0.05, 0.1) is 17.6 Å². The minimum absolute atomic E-state index is 0.171. The maximum absolute atomic E-state index is 12.7. The van der Waals surface area contributed by atoms with Crippen LogP contribution in [0.1, 0.15) is 12.8 Å². The zero-order valence-electron chi connectivity index (χ0n) is 14.1. The Bertz CT molecular complexity index is 1020. The molecule has 2 fully saturated rings. The van der Waals surface area contributed by atoms with E-state index in [0.29, 0.717) is 11.5 Å². The van der Waals surface area contributed by atoms with E-state index in [1.165, 1.54) is 0 Å². The van der Waals surface area contributed by atoms with E-state index in [2.05, 4.69) is 0 Å². The summed E-state index contributed by atoms with van der Waals surface area (Å²) < 4.78 is 18.2. The lowest BCUT2D eigenvalue weighted by Gasteiger charge is -2.46. The van der Waals surface area contributed by atoms with Crippen molar-refractivity contribution in [3.05, 3.63) is 48.2 Å². The monoisotopic (exact) mass is 368 g/mol. The minimum atomic E-state index is -1.77. The molecular formula is C20H16O7. The van der Waals surface area contributed by atoms with E-state index in [0.717, 1.165) is 16.8 Å². The summed E-state index contributed by atoms with van der Waals surface area (Å²) in [5.74, 6) is -2.17. The zero-order chi connectivity index (χ0) is 18.6. The second kappa shape index (κ2) is 4.44. The first-order chi connectivity index (χ1) is 13.0. The highest BCUT2D eigenvalue weighted by Crippen LogP contribution is 2.68. The summed E-state index contributed by atoms with van der Waals surface area (Å²) in [6.45, 7) is 0. The van der Waals surface area contributed by atoms with Gasteiger partial charge < -0.3 is 29.5 Å². The Balaban J connectivity index is 1.62. The van der Waals surface area contributed by atoms with Crippen molar-refractivity contribution < 1.29 is 34.3 Å². The molecule has 0 radical (unpaired) electrons. The lowest BCUT2D eigenvalue weighted by molar-refractivity contribution is -0.177. The molecule has 2 aromatic rings. The van der Waals surface area contributed by atoms with Gasteiger partial charge in [-0.2, -0.15) is 0 Å². The van der Waals surface area contributed by atoms with E-state index >= 15 is 0 Å². The molecule has 1 saturated carbocycles. The van der Waals surface area contributed by atoms with Gasteiger partial charge in [0.2, 0.25) is 17.0 Å². The van der Waals surface area contributed by atoms with Gasteiger partial charge in [-0.05, 0) is 30.4 Å². The largest absolute Gasteiger partial charge is 0.504 e. The SMILES string of the molecule is O=C1C(O)=CC2(Oc3cccc4cccc(c34)O2)C23OC12C(O)CCC3O. The van der Waals surface area contributed by atoms with Crippen molar-refractivity contribution in [1.82, 2.24) is 0 Å². The number of Topliss-reactive ketones (excluding diaryl/α,β-unsaturated/α-hetero) is 1. The van der Waals surface area contributed by atoms with Gasteiger partial charge in [0.25, 0.3) is 0 Å². The number of hydrogen-bond donors (Lipinski definition) is 3. The minimum Gasteiger partial charge on any atom is -0.504 e. The predicted molar refractivity (Wildman–Crippen MR) is 91.4 cm³/mol. The van der Waals surface area contributed by atoms with E-state index < -0.39 is 40.7 Å². The summed E-state index contributed by atoms with van der Waals surface area (Å²) in [7, 11) is 0. The van der Waals surface area contributed by atoms with Gasteiger partial charge in [-0.1, -0.05) is 24.3 Å². The van der Waals surface area contributed by atoms with Crippen molar-refractivity contribution in [2.24, 2.45) is 0 Å². The van der Waals surface area contributed by atoms with Crippen LogP contribution in [-0.2, 0) is 9.53 Å². The van der Waals surface area contributed by atoms with Crippen LogP contribution in [0.15, 0.2) is 48.2 Å². The molecule has 4 aliphatic rings. The van der Waals surface area contributed by atoms with Gasteiger partial charge in [0.15, 0.2) is 5.76 Å². The summed E-state index contributed by atoms with van der Waals surface area (Å²) in [6.07, 6.45) is -0.758. The number of rotatable bonds is 0. The Labute approximate surface area is 153 Å². The number of aliphatic hydroxyl groups is 3. The van der Waals surface area contributed by atoms with Crippen molar-refractivity contribution in [2.45, 2.75) is 42.0 Å². The van der Waals surface area contributed by atoms with E-state index in [4.69, 9.17) is 14.2 Å². The molecule has 0 amide bonds. The third kappa shape index (κ3) is 1.47. The summed E-state index contributed by atoms with van der Waals surface area (Å²) in [6, 6.07) is 11.0. The van der Waals surface area contributed by atoms with Crippen LogP contribution in [-0.4, -0.2) is 50.3 Å². The summed E-state index contributed by atoms with van der Waals surface area (Å²) >= 11 is 0. The first-order valence-corrected chi connectivity index (χ1v) is 8.88. The Morgan fingerprint density at radius 2 is 1.59 bits per heavy atom. The molecule has 6 rings (SSSR count). The van der Waals surface area contributed by atoms with E-state index in [9.17, 15) is 20.1 Å². The molecule has 27 heavy (non-hydrogen) atoms. The number of epoxide rings is 1. The molecular weight excluding hydrogens is 352 g/mol. The van der Waals surface area contributed by atoms with Gasteiger partial charge >= 0.3 is 5.79 Å². The molecule has 2 heterocycles. The molecule has 4 unspecified atom stereocenters. The molecule has 1 saturated heterocycles. The summed E-state index contributed by atoms with van der Waals surface area (Å²) in [4.78, 5) is 12.7. The number of aliphatic hydroxyl groups excluding tert-OH is 3. The Hall–Kier alpha value is -2.61. The van der Waals surface area contributed by atoms with Crippen LogP contribution < -0.4 is 9.47 Å². The fourth-order valence-electron chi connectivity index (χ4n) is 5.05. The Morgan fingerprint density at radius 1 is 0.963 bits per heavy atom.